The van der Waals surface area contributed by atoms with E-state index in [0.29, 0.717) is 6.04 Å². The molecule has 1 aromatic rings. The summed E-state index contributed by atoms with van der Waals surface area (Å²) in [7, 11) is 0. The predicted octanol–water partition coefficient (Wildman–Crippen LogP) is 3.67. The molecule has 0 aromatic carbocycles. The zero-order valence-corrected chi connectivity index (χ0v) is 13.2. The van der Waals surface area contributed by atoms with Crippen molar-refractivity contribution in [3.63, 3.8) is 0 Å². The van der Waals surface area contributed by atoms with E-state index in [4.69, 9.17) is 0 Å². The van der Waals surface area contributed by atoms with Gasteiger partial charge in [0.25, 0.3) is 0 Å². The minimum Gasteiger partial charge on any atom is -0.309 e. The van der Waals surface area contributed by atoms with Gasteiger partial charge in [0.05, 0.1) is 10.7 Å². The molecule has 0 spiro atoms. The molecule has 0 bridgehead atoms. The van der Waals surface area contributed by atoms with Gasteiger partial charge in [-0.05, 0) is 25.4 Å². The Kier molecular flexibility index (Phi) is 5.97. The normalized spacial score (nSPS) is 13.9. The largest absolute Gasteiger partial charge is 0.309 e. The molecule has 0 aliphatic rings. The van der Waals surface area contributed by atoms with E-state index >= 15 is 0 Å². The molecular weight excluding hydrogens is 248 g/mol. The maximum Gasteiger partial charge on any atom is 0.0982 e. The summed E-state index contributed by atoms with van der Waals surface area (Å²) >= 11 is 3.68. The van der Waals surface area contributed by atoms with Crippen LogP contribution in [0.25, 0.3) is 0 Å². The maximum atomic E-state index is 4.68. The Hall–Kier alpha value is -0.0600. The fraction of sp³-hybridized carbons (Fsp3) is 0.769. The van der Waals surface area contributed by atoms with Crippen LogP contribution in [0.1, 0.15) is 44.8 Å². The van der Waals surface area contributed by atoms with Crippen molar-refractivity contribution in [2.24, 2.45) is 0 Å². The van der Waals surface area contributed by atoms with E-state index in [1.807, 2.05) is 11.8 Å². The van der Waals surface area contributed by atoms with Crippen LogP contribution < -0.4 is 5.32 Å². The molecule has 0 saturated carbocycles. The summed E-state index contributed by atoms with van der Waals surface area (Å²) in [5.41, 5.74) is 1.35. The number of nitrogens with one attached hydrogen (secondary N) is 1. The van der Waals surface area contributed by atoms with Crippen LogP contribution in [0.3, 0.4) is 0 Å². The predicted molar refractivity (Wildman–Crippen MR) is 80.1 cm³/mol. The second kappa shape index (κ2) is 6.76. The van der Waals surface area contributed by atoms with Crippen LogP contribution in [0.5, 0.6) is 0 Å². The molecule has 1 aromatic heterocycles. The van der Waals surface area contributed by atoms with E-state index in [2.05, 4.69) is 49.6 Å². The van der Waals surface area contributed by atoms with Gasteiger partial charge >= 0.3 is 0 Å². The number of aromatic nitrogens is 1. The fourth-order valence-electron chi connectivity index (χ4n) is 1.41. The van der Waals surface area contributed by atoms with Crippen LogP contribution in [0, 0.1) is 0 Å². The zero-order chi connectivity index (χ0) is 12.9. The molecular formula is C13H24N2S2. The van der Waals surface area contributed by atoms with Gasteiger partial charge in [0.2, 0.25) is 0 Å². The van der Waals surface area contributed by atoms with E-state index in [-0.39, 0.29) is 5.41 Å². The zero-order valence-electron chi connectivity index (χ0n) is 11.5. The van der Waals surface area contributed by atoms with Gasteiger partial charge < -0.3 is 5.32 Å². The van der Waals surface area contributed by atoms with Crippen LogP contribution in [0.4, 0.5) is 0 Å². The molecule has 17 heavy (non-hydrogen) atoms. The third kappa shape index (κ3) is 5.40. The first-order valence-electron chi connectivity index (χ1n) is 6.10. The summed E-state index contributed by atoms with van der Waals surface area (Å²) in [5.74, 6) is 1.22. The highest BCUT2D eigenvalue weighted by Crippen LogP contribution is 2.25. The van der Waals surface area contributed by atoms with Crippen LogP contribution in [-0.4, -0.2) is 23.0 Å². The van der Waals surface area contributed by atoms with Gasteiger partial charge in [-0.1, -0.05) is 20.8 Å². The van der Waals surface area contributed by atoms with Crippen LogP contribution in [0.15, 0.2) is 5.38 Å². The number of rotatable bonds is 6. The maximum absolute atomic E-state index is 4.68. The first-order valence-corrected chi connectivity index (χ1v) is 8.38. The van der Waals surface area contributed by atoms with Crippen molar-refractivity contribution in [3.8, 4) is 0 Å². The van der Waals surface area contributed by atoms with Crippen LogP contribution in [-0.2, 0) is 12.0 Å². The molecule has 1 rings (SSSR count). The second-order valence-corrected chi connectivity index (χ2v) is 7.30. The third-order valence-electron chi connectivity index (χ3n) is 2.58. The lowest BCUT2D eigenvalue weighted by Gasteiger charge is -2.14. The summed E-state index contributed by atoms with van der Waals surface area (Å²) in [4.78, 5) is 4.68. The lowest BCUT2D eigenvalue weighted by Crippen LogP contribution is -2.26. The summed E-state index contributed by atoms with van der Waals surface area (Å²) in [6, 6.07) is 0.572. The number of hydrogen-bond acceptors (Lipinski definition) is 4. The highest BCUT2D eigenvalue weighted by molar-refractivity contribution is 7.98. The standard InChI is InChI=1S/C13H24N2S2/c1-10(6-7-16-5)14-8-11-9-17-12(15-11)13(2,3)4/h9-10,14H,6-8H2,1-5H3. The monoisotopic (exact) mass is 272 g/mol. The number of thioether (sulfide) groups is 1. The molecule has 0 amide bonds. The topological polar surface area (TPSA) is 24.9 Å². The summed E-state index contributed by atoms with van der Waals surface area (Å²) in [5, 5.41) is 6.93. The van der Waals surface area contributed by atoms with Crippen LogP contribution >= 0.6 is 23.1 Å². The first kappa shape index (κ1) is 15.0. The SMILES string of the molecule is CSCCC(C)NCc1csc(C(C)(C)C)n1. The van der Waals surface area contributed by atoms with Crippen molar-refractivity contribution in [3.05, 3.63) is 16.1 Å². The van der Waals surface area contributed by atoms with Gasteiger partial charge in [-0.15, -0.1) is 11.3 Å². The minimum absolute atomic E-state index is 0.174. The average Bonchev–Trinajstić information content (AvgIpc) is 2.71. The smallest absolute Gasteiger partial charge is 0.0982 e. The number of nitrogens with zero attached hydrogens (tertiary/aromatic N) is 1. The minimum atomic E-state index is 0.174. The Labute approximate surface area is 114 Å². The van der Waals surface area contributed by atoms with Crippen molar-refractivity contribution in [1.82, 2.24) is 10.3 Å². The molecule has 1 heterocycles. The van der Waals surface area contributed by atoms with E-state index in [0.717, 1.165) is 6.54 Å². The van der Waals surface area contributed by atoms with E-state index in [1.54, 1.807) is 11.3 Å². The summed E-state index contributed by atoms with van der Waals surface area (Å²) in [6.07, 6.45) is 3.38. The van der Waals surface area contributed by atoms with E-state index < -0.39 is 0 Å². The summed E-state index contributed by atoms with van der Waals surface area (Å²) < 4.78 is 0. The molecule has 4 heteroatoms. The van der Waals surface area contributed by atoms with Crippen molar-refractivity contribution < 1.29 is 0 Å². The Morgan fingerprint density at radius 3 is 2.71 bits per heavy atom. The lowest BCUT2D eigenvalue weighted by molar-refractivity contribution is 0.528. The Bertz CT molecular complexity index is 328. The second-order valence-electron chi connectivity index (χ2n) is 5.46. The Morgan fingerprint density at radius 1 is 1.47 bits per heavy atom. The fourth-order valence-corrected chi connectivity index (χ4v) is 2.90. The highest BCUT2D eigenvalue weighted by Gasteiger charge is 2.17. The lowest BCUT2D eigenvalue weighted by atomic mass is 9.98. The molecule has 0 fully saturated rings. The van der Waals surface area contributed by atoms with Crippen molar-refractivity contribution in [2.45, 2.75) is 52.1 Å². The molecule has 98 valence electrons. The molecule has 0 saturated heterocycles. The number of thiazole rings is 1. The van der Waals surface area contributed by atoms with Gasteiger partial charge in [-0.3, -0.25) is 0 Å². The van der Waals surface area contributed by atoms with Gasteiger partial charge in [0.15, 0.2) is 0 Å². The quantitative estimate of drug-likeness (QED) is 0.855. The van der Waals surface area contributed by atoms with E-state index in [1.165, 1.54) is 22.9 Å². The van der Waals surface area contributed by atoms with Gasteiger partial charge in [-0.25, -0.2) is 4.98 Å². The van der Waals surface area contributed by atoms with Crippen molar-refractivity contribution >= 4 is 23.1 Å². The van der Waals surface area contributed by atoms with Gasteiger partial charge in [-0.2, -0.15) is 11.8 Å². The Morgan fingerprint density at radius 2 is 2.18 bits per heavy atom. The molecule has 1 N–H and O–H groups in total. The molecule has 1 atom stereocenters. The van der Waals surface area contributed by atoms with Crippen molar-refractivity contribution in [2.75, 3.05) is 12.0 Å². The van der Waals surface area contributed by atoms with Crippen molar-refractivity contribution in [1.29, 1.82) is 0 Å². The van der Waals surface area contributed by atoms with E-state index in [9.17, 15) is 0 Å². The van der Waals surface area contributed by atoms with Gasteiger partial charge in [0, 0.05) is 23.4 Å². The molecule has 2 nitrogen and oxygen atoms in total. The highest BCUT2D eigenvalue weighted by atomic mass is 32.2. The van der Waals surface area contributed by atoms with Gasteiger partial charge in [0.1, 0.15) is 0 Å². The number of hydrogen-bond donors (Lipinski definition) is 1. The Balaban J connectivity index is 2.40. The van der Waals surface area contributed by atoms with Crippen LogP contribution in [0.2, 0.25) is 0 Å². The molecule has 1 unspecified atom stereocenters. The average molecular weight is 272 g/mol. The third-order valence-corrected chi connectivity index (χ3v) is 4.54. The first-order chi connectivity index (χ1) is 7.93. The molecule has 0 aliphatic carbocycles. The summed E-state index contributed by atoms with van der Waals surface area (Å²) in [6.45, 7) is 9.77. The molecule has 0 radical (unpaired) electrons. The molecule has 0 aliphatic heterocycles.